The third kappa shape index (κ3) is 9.62. The zero-order chi connectivity index (χ0) is 37.4. The number of nitrogens with one attached hydrogen (secondary N) is 1. The van der Waals surface area contributed by atoms with Gasteiger partial charge in [0.25, 0.3) is 0 Å². The van der Waals surface area contributed by atoms with E-state index in [1.54, 1.807) is 25.7 Å². The molecule has 0 bridgehead atoms. The van der Waals surface area contributed by atoms with Gasteiger partial charge in [0.1, 0.15) is 11.4 Å². The van der Waals surface area contributed by atoms with Crippen molar-refractivity contribution < 1.29 is 35.9 Å². The fourth-order valence-corrected chi connectivity index (χ4v) is 6.13. The Morgan fingerprint density at radius 3 is 2.12 bits per heavy atom. The fourth-order valence-electron chi connectivity index (χ4n) is 6.13. The third-order valence-corrected chi connectivity index (χ3v) is 8.92. The second-order valence-electron chi connectivity index (χ2n) is 14.8. The van der Waals surface area contributed by atoms with Gasteiger partial charge in [-0.2, -0.15) is 26.3 Å². The summed E-state index contributed by atoms with van der Waals surface area (Å²) >= 11 is 0. The molecule has 0 saturated heterocycles. The monoisotopic (exact) mass is 732 g/mol. The molecule has 0 atom stereocenters. The van der Waals surface area contributed by atoms with E-state index >= 15 is 0 Å². The van der Waals surface area contributed by atoms with E-state index in [-0.39, 0.29) is 37.2 Å². The zero-order valence-electron chi connectivity index (χ0n) is 29.5. The lowest BCUT2D eigenvalue weighted by atomic mass is 10.0. The van der Waals surface area contributed by atoms with Crippen LogP contribution in [0.2, 0.25) is 0 Å². The molecule has 0 radical (unpaired) electrons. The summed E-state index contributed by atoms with van der Waals surface area (Å²) in [6.07, 6.45) is -6.27. The highest BCUT2D eigenvalue weighted by molar-refractivity contribution is 5.84. The van der Waals surface area contributed by atoms with Crippen molar-refractivity contribution in [1.29, 1.82) is 0 Å². The topological polar surface area (TPSA) is 101 Å². The maximum Gasteiger partial charge on any atom is 0.416 e. The van der Waals surface area contributed by atoms with Crippen molar-refractivity contribution in [3.8, 4) is 0 Å². The van der Waals surface area contributed by atoms with Gasteiger partial charge in [0.2, 0.25) is 5.95 Å². The van der Waals surface area contributed by atoms with Crippen LogP contribution in [0, 0.1) is 18.8 Å². The van der Waals surface area contributed by atoms with Gasteiger partial charge in [0, 0.05) is 43.7 Å². The predicted octanol–water partition coefficient (Wildman–Crippen LogP) is 7.93. The minimum Gasteiger partial charge on any atom is -0.444 e. The van der Waals surface area contributed by atoms with Crippen LogP contribution in [0.5, 0.6) is 0 Å². The van der Waals surface area contributed by atoms with Gasteiger partial charge in [-0.05, 0) is 111 Å². The number of amides is 1. The van der Waals surface area contributed by atoms with E-state index in [2.05, 4.69) is 25.7 Å². The molecule has 2 heterocycles. The molecule has 1 N–H and O–H groups in total. The second-order valence-corrected chi connectivity index (χ2v) is 14.8. The zero-order valence-corrected chi connectivity index (χ0v) is 29.5. The van der Waals surface area contributed by atoms with Crippen molar-refractivity contribution in [2.75, 3.05) is 29.4 Å². The van der Waals surface area contributed by atoms with Crippen LogP contribution in [-0.4, -0.2) is 56.5 Å². The van der Waals surface area contributed by atoms with Gasteiger partial charge in [-0.15, -0.1) is 0 Å². The Bertz CT molecular complexity index is 1850. The van der Waals surface area contributed by atoms with Crippen molar-refractivity contribution in [2.24, 2.45) is 11.8 Å². The number of aromatic nitrogens is 5. The lowest BCUT2D eigenvalue weighted by molar-refractivity contribution is -0.143. The van der Waals surface area contributed by atoms with Crippen molar-refractivity contribution in [2.45, 2.75) is 91.0 Å². The maximum absolute atomic E-state index is 13.9. The molecule has 2 aliphatic rings. The van der Waals surface area contributed by atoms with Crippen LogP contribution >= 0.6 is 0 Å². The molecule has 52 heavy (non-hydrogen) atoms. The number of carbonyl (C=O) groups excluding carboxylic acids is 1. The molecule has 0 unspecified atom stereocenters. The van der Waals surface area contributed by atoms with Crippen LogP contribution in [0.15, 0.2) is 42.5 Å². The predicted molar refractivity (Wildman–Crippen MR) is 183 cm³/mol. The van der Waals surface area contributed by atoms with Gasteiger partial charge < -0.3 is 19.9 Å². The van der Waals surface area contributed by atoms with E-state index in [9.17, 15) is 31.1 Å². The SMILES string of the molecule is Cc1cccc2cc(CN(Cc3cc(C(F)(F)F)cc(C(F)(F)F)c3)c3nnnn3CCNC(=O)OC(C)(C)C)c(N(CC3CC3)CC3CC3)nc12. The number of anilines is 2. The Kier molecular flexibility index (Phi) is 10.3. The van der Waals surface area contributed by atoms with Crippen LogP contribution < -0.4 is 15.1 Å². The Hall–Kier alpha value is -4.63. The molecule has 2 aromatic heterocycles. The molecule has 280 valence electrons. The number of aryl methyl sites for hydroxylation is 1. The summed E-state index contributed by atoms with van der Waals surface area (Å²) in [5.41, 5.74) is -1.28. The first-order valence-corrected chi connectivity index (χ1v) is 17.3. The van der Waals surface area contributed by atoms with Gasteiger partial charge in [-0.1, -0.05) is 23.3 Å². The minimum atomic E-state index is -5.02. The molecule has 0 aliphatic heterocycles. The summed E-state index contributed by atoms with van der Waals surface area (Å²) in [5, 5.41) is 15.5. The first-order valence-electron chi connectivity index (χ1n) is 17.3. The first-order chi connectivity index (χ1) is 24.4. The number of alkyl carbamates (subject to hydrolysis) is 1. The van der Waals surface area contributed by atoms with E-state index in [1.807, 2.05) is 31.2 Å². The summed E-state index contributed by atoms with van der Waals surface area (Å²) in [5.74, 6) is 1.85. The Labute approximate surface area is 297 Å². The van der Waals surface area contributed by atoms with Crippen molar-refractivity contribution in [1.82, 2.24) is 30.5 Å². The Morgan fingerprint density at radius 1 is 0.904 bits per heavy atom. The Morgan fingerprint density at radius 2 is 1.54 bits per heavy atom. The number of hydrogen-bond donors (Lipinski definition) is 1. The molecule has 10 nitrogen and oxygen atoms in total. The van der Waals surface area contributed by atoms with Crippen molar-refractivity contribution in [3.63, 3.8) is 0 Å². The number of carbonyl (C=O) groups is 1. The summed E-state index contributed by atoms with van der Waals surface area (Å²) in [6.45, 7) is 8.39. The van der Waals surface area contributed by atoms with Gasteiger partial charge >= 0.3 is 18.4 Å². The van der Waals surface area contributed by atoms with Gasteiger partial charge in [0.15, 0.2) is 0 Å². The summed E-state index contributed by atoms with van der Waals surface area (Å²) in [7, 11) is 0. The largest absolute Gasteiger partial charge is 0.444 e. The van der Waals surface area contributed by atoms with Crippen LogP contribution in [0.25, 0.3) is 10.9 Å². The molecule has 2 aromatic carbocycles. The molecule has 16 heteroatoms. The summed E-state index contributed by atoms with van der Waals surface area (Å²) in [4.78, 5) is 21.3. The highest BCUT2D eigenvalue weighted by Gasteiger charge is 2.37. The normalized spacial score (nSPS) is 15.2. The molecule has 4 aromatic rings. The van der Waals surface area contributed by atoms with E-state index in [1.165, 1.54) is 4.68 Å². The van der Waals surface area contributed by atoms with Crippen LogP contribution in [-0.2, 0) is 36.7 Å². The molecule has 2 saturated carbocycles. The number of ether oxygens (including phenoxy) is 1. The number of halogens is 6. The second kappa shape index (κ2) is 14.4. The number of nitrogens with zero attached hydrogens (tertiary/aromatic N) is 7. The number of pyridine rings is 1. The average molecular weight is 733 g/mol. The van der Waals surface area contributed by atoms with Gasteiger partial charge in [-0.25, -0.2) is 14.5 Å². The molecule has 2 aliphatic carbocycles. The van der Waals surface area contributed by atoms with E-state index in [0.717, 1.165) is 78.8 Å². The summed E-state index contributed by atoms with van der Waals surface area (Å²) in [6, 6.07) is 9.34. The quantitative estimate of drug-likeness (QED) is 0.139. The summed E-state index contributed by atoms with van der Waals surface area (Å²) < 4.78 is 90.2. The number of benzene rings is 2. The first kappa shape index (κ1) is 37.1. The lowest BCUT2D eigenvalue weighted by Crippen LogP contribution is -2.35. The standard InChI is InChI=1S/C36H42F6N8O2/c1-22-6-5-7-26-16-27(31(44-30(22)26)48(18-23-8-9-23)19-24-10-11-24)21-49(20-25-14-28(35(37,38)39)17-29(15-25)36(40,41)42)32-45-46-47-50(32)13-12-43-33(51)52-34(2,3)4/h5-7,14-17,23-24H,8-13,18-21H2,1-4H3,(H,43,51). The highest BCUT2D eigenvalue weighted by Crippen LogP contribution is 2.39. The fraction of sp³-hybridized carbons (Fsp3) is 0.528. The lowest BCUT2D eigenvalue weighted by Gasteiger charge is -2.30. The van der Waals surface area contributed by atoms with Crippen LogP contribution in [0.1, 0.15) is 74.3 Å². The smallest absolute Gasteiger partial charge is 0.416 e. The molecule has 6 rings (SSSR count). The van der Waals surface area contributed by atoms with Crippen LogP contribution in [0.4, 0.5) is 42.9 Å². The molecular formula is C36H42F6N8O2. The number of para-hydroxylation sites is 1. The number of rotatable bonds is 13. The Balaban J connectivity index is 1.41. The maximum atomic E-state index is 13.9. The van der Waals surface area contributed by atoms with E-state index in [4.69, 9.17) is 9.72 Å². The van der Waals surface area contributed by atoms with Gasteiger partial charge in [0.05, 0.1) is 23.2 Å². The van der Waals surface area contributed by atoms with E-state index < -0.39 is 41.7 Å². The average Bonchev–Trinajstić information content (AvgIpc) is 3.98. The number of alkyl halides is 6. The number of tetrazole rings is 1. The van der Waals surface area contributed by atoms with Crippen LogP contribution in [0.3, 0.4) is 0 Å². The minimum absolute atomic E-state index is 0.00944. The van der Waals surface area contributed by atoms with Crippen molar-refractivity contribution in [3.05, 3.63) is 70.3 Å². The molecule has 0 spiro atoms. The number of fused-ring (bicyclic) bond motifs is 1. The third-order valence-electron chi connectivity index (χ3n) is 8.92. The number of hydrogen-bond acceptors (Lipinski definition) is 8. The van der Waals surface area contributed by atoms with Gasteiger partial charge in [-0.3, -0.25) is 0 Å². The molecule has 2 fully saturated rings. The van der Waals surface area contributed by atoms with E-state index in [0.29, 0.717) is 11.8 Å². The van der Waals surface area contributed by atoms with Crippen molar-refractivity contribution >= 4 is 28.8 Å². The highest BCUT2D eigenvalue weighted by atomic mass is 19.4. The molecule has 1 amide bonds. The molecular weight excluding hydrogens is 690 g/mol.